The Balaban J connectivity index is 1.78. The normalized spacial score (nSPS) is 11.1. The maximum Gasteiger partial charge on any atom is 0.137 e. The molecule has 1 aromatic carbocycles. The lowest BCUT2D eigenvalue weighted by atomic mass is 10.3. The number of rotatable bonds is 3. The summed E-state index contributed by atoms with van der Waals surface area (Å²) in [5.41, 5.74) is 3.36. The van der Waals surface area contributed by atoms with Crippen LogP contribution >= 0.6 is 27.7 Å². The maximum atomic E-state index is 4.62. The van der Waals surface area contributed by atoms with Crippen LogP contribution in [0.15, 0.2) is 58.2 Å². The number of nitrogens with zero attached hydrogens (tertiary/aromatic N) is 2. The van der Waals surface area contributed by atoms with E-state index in [4.69, 9.17) is 0 Å². The van der Waals surface area contributed by atoms with E-state index in [9.17, 15) is 0 Å². The second kappa shape index (κ2) is 5.39. The SMILES string of the molecule is Cc1ccc2nc(CSc3cccc(Br)c3)cn2c1. The Morgan fingerprint density at radius 3 is 2.95 bits per heavy atom. The molecule has 0 bridgehead atoms. The van der Waals surface area contributed by atoms with Gasteiger partial charge in [-0.2, -0.15) is 0 Å². The predicted molar refractivity (Wildman–Crippen MR) is 83.6 cm³/mol. The van der Waals surface area contributed by atoms with Crippen molar-refractivity contribution in [1.82, 2.24) is 9.38 Å². The van der Waals surface area contributed by atoms with Crippen LogP contribution in [0.1, 0.15) is 11.3 Å². The second-order valence-electron chi connectivity index (χ2n) is 4.45. The van der Waals surface area contributed by atoms with Gasteiger partial charge < -0.3 is 4.40 Å². The van der Waals surface area contributed by atoms with Gasteiger partial charge in [-0.1, -0.05) is 28.1 Å². The van der Waals surface area contributed by atoms with Crippen LogP contribution in [0.5, 0.6) is 0 Å². The highest BCUT2D eigenvalue weighted by Crippen LogP contribution is 2.25. The summed E-state index contributed by atoms with van der Waals surface area (Å²) < 4.78 is 3.20. The van der Waals surface area contributed by atoms with E-state index in [1.165, 1.54) is 10.5 Å². The van der Waals surface area contributed by atoms with Gasteiger partial charge in [0, 0.05) is 27.5 Å². The molecule has 96 valence electrons. The molecule has 0 radical (unpaired) electrons. The highest BCUT2D eigenvalue weighted by atomic mass is 79.9. The number of thioether (sulfide) groups is 1. The van der Waals surface area contributed by atoms with Crippen molar-refractivity contribution in [3.05, 3.63) is 64.5 Å². The zero-order valence-electron chi connectivity index (χ0n) is 10.5. The first kappa shape index (κ1) is 12.8. The number of pyridine rings is 1. The Hall–Kier alpha value is -1.26. The fraction of sp³-hybridized carbons (Fsp3) is 0.133. The standard InChI is InChI=1S/C15H13BrN2S/c1-11-5-6-15-17-13(9-18(15)8-11)10-19-14-4-2-3-12(16)7-14/h2-9H,10H2,1H3. The van der Waals surface area contributed by atoms with Crippen molar-refractivity contribution in [2.75, 3.05) is 0 Å². The fourth-order valence-corrected chi connectivity index (χ4v) is 3.33. The van der Waals surface area contributed by atoms with Crippen LogP contribution in [0.3, 0.4) is 0 Å². The van der Waals surface area contributed by atoms with Gasteiger partial charge in [-0.15, -0.1) is 11.8 Å². The van der Waals surface area contributed by atoms with Crippen LogP contribution in [-0.4, -0.2) is 9.38 Å². The molecule has 2 heterocycles. The number of aromatic nitrogens is 2. The number of imidazole rings is 1. The fourth-order valence-electron chi connectivity index (χ4n) is 1.94. The van der Waals surface area contributed by atoms with Crippen molar-refractivity contribution in [3.8, 4) is 0 Å². The average molecular weight is 333 g/mol. The molecule has 0 N–H and O–H groups in total. The van der Waals surface area contributed by atoms with Crippen LogP contribution in [0.25, 0.3) is 5.65 Å². The van der Waals surface area contributed by atoms with Crippen LogP contribution in [0.4, 0.5) is 0 Å². The summed E-state index contributed by atoms with van der Waals surface area (Å²) >= 11 is 5.29. The lowest BCUT2D eigenvalue weighted by Crippen LogP contribution is -1.82. The third-order valence-corrected chi connectivity index (χ3v) is 4.35. The molecule has 19 heavy (non-hydrogen) atoms. The summed E-state index contributed by atoms with van der Waals surface area (Å²) in [6.45, 7) is 2.09. The number of fused-ring (bicyclic) bond motifs is 1. The quantitative estimate of drug-likeness (QED) is 0.647. The minimum atomic E-state index is 0.886. The summed E-state index contributed by atoms with van der Waals surface area (Å²) in [7, 11) is 0. The molecule has 0 aliphatic heterocycles. The molecule has 0 fully saturated rings. The van der Waals surface area contributed by atoms with Gasteiger partial charge in [0.15, 0.2) is 0 Å². The van der Waals surface area contributed by atoms with E-state index >= 15 is 0 Å². The highest BCUT2D eigenvalue weighted by molar-refractivity contribution is 9.10. The van der Waals surface area contributed by atoms with Crippen LogP contribution in [0.2, 0.25) is 0 Å². The van der Waals surface area contributed by atoms with Crippen molar-refractivity contribution in [2.24, 2.45) is 0 Å². The maximum absolute atomic E-state index is 4.62. The number of hydrogen-bond donors (Lipinski definition) is 0. The predicted octanol–water partition coefficient (Wildman–Crippen LogP) is 4.70. The molecule has 4 heteroatoms. The zero-order chi connectivity index (χ0) is 13.2. The van der Waals surface area contributed by atoms with Gasteiger partial charge in [-0.25, -0.2) is 4.98 Å². The molecule has 0 amide bonds. The minimum absolute atomic E-state index is 0.886. The smallest absolute Gasteiger partial charge is 0.137 e. The van der Waals surface area contributed by atoms with Crippen LogP contribution < -0.4 is 0 Å². The van der Waals surface area contributed by atoms with Gasteiger partial charge in [0.25, 0.3) is 0 Å². The highest BCUT2D eigenvalue weighted by Gasteiger charge is 2.03. The first-order valence-corrected chi connectivity index (χ1v) is 7.81. The summed E-state index contributed by atoms with van der Waals surface area (Å²) in [5, 5.41) is 0. The summed E-state index contributed by atoms with van der Waals surface area (Å²) in [6, 6.07) is 12.5. The molecule has 0 saturated heterocycles. The van der Waals surface area contributed by atoms with E-state index in [-0.39, 0.29) is 0 Å². The molecule has 0 spiro atoms. The van der Waals surface area contributed by atoms with E-state index in [1.54, 1.807) is 11.8 Å². The second-order valence-corrected chi connectivity index (χ2v) is 6.41. The molecule has 0 unspecified atom stereocenters. The Kier molecular flexibility index (Phi) is 3.62. The van der Waals surface area contributed by atoms with Crippen molar-refractivity contribution >= 4 is 33.3 Å². The third kappa shape index (κ3) is 3.01. The van der Waals surface area contributed by atoms with Crippen molar-refractivity contribution < 1.29 is 0 Å². The largest absolute Gasteiger partial charge is 0.307 e. The Morgan fingerprint density at radius 1 is 1.21 bits per heavy atom. The van der Waals surface area contributed by atoms with E-state index in [2.05, 4.69) is 75.0 Å². The van der Waals surface area contributed by atoms with Gasteiger partial charge in [0.1, 0.15) is 5.65 Å². The number of halogens is 1. The molecule has 0 atom stereocenters. The third-order valence-electron chi connectivity index (χ3n) is 2.83. The Bertz CT molecular complexity index is 721. The van der Waals surface area contributed by atoms with Crippen molar-refractivity contribution in [2.45, 2.75) is 17.6 Å². The molecule has 3 rings (SSSR count). The van der Waals surface area contributed by atoms with Gasteiger partial charge >= 0.3 is 0 Å². The average Bonchev–Trinajstić information content (AvgIpc) is 2.78. The van der Waals surface area contributed by atoms with E-state index < -0.39 is 0 Å². The number of benzene rings is 1. The molecule has 0 aliphatic rings. The van der Waals surface area contributed by atoms with E-state index in [1.807, 2.05) is 6.07 Å². The Morgan fingerprint density at radius 2 is 2.11 bits per heavy atom. The molecule has 0 aliphatic carbocycles. The first-order valence-electron chi connectivity index (χ1n) is 6.03. The lowest BCUT2D eigenvalue weighted by molar-refractivity contribution is 1.15. The van der Waals surface area contributed by atoms with Gasteiger partial charge in [0.2, 0.25) is 0 Å². The monoisotopic (exact) mass is 332 g/mol. The summed E-state index contributed by atoms with van der Waals surface area (Å²) in [4.78, 5) is 5.87. The zero-order valence-corrected chi connectivity index (χ0v) is 12.9. The van der Waals surface area contributed by atoms with Crippen LogP contribution in [-0.2, 0) is 5.75 Å². The van der Waals surface area contributed by atoms with Gasteiger partial charge in [0.05, 0.1) is 5.69 Å². The lowest BCUT2D eigenvalue weighted by Gasteiger charge is -1.99. The molecule has 3 aromatic rings. The molecular weight excluding hydrogens is 320 g/mol. The van der Waals surface area contributed by atoms with Crippen LogP contribution in [0, 0.1) is 6.92 Å². The van der Waals surface area contributed by atoms with E-state index in [0.29, 0.717) is 0 Å². The van der Waals surface area contributed by atoms with Crippen molar-refractivity contribution in [3.63, 3.8) is 0 Å². The van der Waals surface area contributed by atoms with E-state index in [0.717, 1.165) is 21.6 Å². The van der Waals surface area contributed by atoms with Gasteiger partial charge in [-0.05, 0) is 36.8 Å². The number of hydrogen-bond acceptors (Lipinski definition) is 2. The molecule has 2 aromatic heterocycles. The summed E-state index contributed by atoms with van der Waals surface area (Å²) in [5.74, 6) is 0.886. The first-order chi connectivity index (χ1) is 9.20. The summed E-state index contributed by atoms with van der Waals surface area (Å²) in [6.07, 6.45) is 4.21. The molecule has 0 saturated carbocycles. The molecular formula is C15H13BrN2S. The topological polar surface area (TPSA) is 17.3 Å². The number of aryl methyl sites for hydroxylation is 1. The minimum Gasteiger partial charge on any atom is -0.307 e. The van der Waals surface area contributed by atoms with Gasteiger partial charge in [-0.3, -0.25) is 0 Å². The molecule has 2 nitrogen and oxygen atoms in total. The van der Waals surface area contributed by atoms with Crippen molar-refractivity contribution in [1.29, 1.82) is 0 Å². The Labute approximate surface area is 125 Å².